The average molecular weight is 674 g/mol. The van der Waals surface area contributed by atoms with E-state index in [0.29, 0.717) is 45.9 Å². The number of amides is 3. The Morgan fingerprint density at radius 2 is 1.92 bits per heavy atom. The van der Waals surface area contributed by atoms with Crippen molar-refractivity contribution >= 4 is 34.9 Å². The van der Waals surface area contributed by atoms with Gasteiger partial charge < -0.3 is 24.8 Å². The number of hydrogen-bond donors (Lipinski definition) is 1. The van der Waals surface area contributed by atoms with E-state index in [-0.39, 0.29) is 53.3 Å². The largest absolute Gasteiger partial charge is 0.416 e. The number of pyridine rings is 1. The maximum atomic E-state index is 15.7. The van der Waals surface area contributed by atoms with Crippen molar-refractivity contribution in [1.82, 2.24) is 20.1 Å². The summed E-state index contributed by atoms with van der Waals surface area (Å²) in [5.41, 5.74) is -0.745. The topological polar surface area (TPSA) is 102 Å². The number of carbonyl (C=O) groups excluding carboxylic acids is 3. The summed E-state index contributed by atoms with van der Waals surface area (Å²) in [6, 6.07) is 4.96. The number of aryl methyl sites for hydroxylation is 1. The first-order valence-electron chi connectivity index (χ1n) is 15.8. The van der Waals surface area contributed by atoms with E-state index in [2.05, 4.69) is 21.8 Å². The number of ether oxygens (including phenoxy) is 1. The summed E-state index contributed by atoms with van der Waals surface area (Å²) in [4.78, 5) is 52.2. The summed E-state index contributed by atoms with van der Waals surface area (Å²) >= 11 is 0. The molecule has 3 amide bonds. The van der Waals surface area contributed by atoms with E-state index in [1.165, 1.54) is 37.1 Å². The Balaban J connectivity index is 1.30. The summed E-state index contributed by atoms with van der Waals surface area (Å²) in [6.07, 6.45) is -3.51. The van der Waals surface area contributed by atoms with Crippen LogP contribution in [-0.4, -0.2) is 117 Å². The number of halogens is 4. The number of fused-ring (bicyclic) bond motifs is 2. The van der Waals surface area contributed by atoms with E-state index in [9.17, 15) is 27.6 Å². The van der Waals surface area contributed by atoms with Crippen LogP contribution in [0.4, 0.5) is 34.8 Å². The van der Waals surface area contributed by atoms with Crippen LogP contribution in [0.5, 0.6) is 0 Å². The zero-order valence-corrected chi connectivity index (χ0v) is 27.1. The van der Waals surface area contributed by atoms with E-state index in [0.717, 1.165) is 17.0 Å². The smallest absolute Gasteiger partial charge is 0.383 e. The van der Waals surface area contributed by atoms with Crippen LogP contribution in [0.3, 0.4) is 0 Å². The quantitative estimate of drug-likeness (QED) is 0.354. The molecule has 1 spiro atoms. The predicted octanol–water partition coefficient (Wildman–Crippen LogP) is 2.44. The van der Waals surface area contributed by atoms with Crippen LogP contribution in [-0.2, 0) is 25.3 Å². The number of para-hydroxylation sites is 1. The van der Waals surface area contributed by atoms with Crippen LogP contribution in [0, 0.1) is 18.7 Å². The molecule has 0 saturated carbocycles. The number of hydrogen-bond acceptors (Lipinski definition) is 8. The van der Waals surface area contributed by atoms with Gasteiger partial charge in [0.25, 0.3) is 0 Å². The fourth-order valence-electron chi connectivity index (χ4n) is 7.68. The molecule has 1 aromatic heterocycles. The van der Waals surface area contributed by atoms with Crippen molar-refractivity contribution in [3.8, 4) is 0 Å². The minimum Gasteiger partial charge on any atom is -0.383 e. The molecule has 4 aliphatic rings. The molecule has 0 aliphatic carbocycles. The average Bonchev–Trinajstić information content (AvgIpc) is 3.34. The number of alkyl halides is 3. The Kier molecular flexibility index (Phi) is 8.98. The highest BCUT2D eigenvalue weighted by Gasteiger charge is 2.51. The van der Waals surface area contributed by atoms with Gasteiger partial charge in [0.15, 0.2) is 0 Å². The molecule has 1 N–H and O–H groups in total. The molecule has 0 unspecified atom stereocenters. The number of likely N-dealkylation sites (tertiary alicyclic amines) is 1. The second kappa shape index (κ2) is 12.7. The molecule has 0 radical (unpaired) electrons. The van der Waals surface area contributed by atoms with E-state index in [1.54, 1.807) is 18.1 Å². The molecular formula is C33H39F4N7O4. The lowest BCUT2D eigenvalue weighted by Crippen LogP contribution is -2.79. The Labute approximate surface area is 276 Å². The van der Waals surface area contributed by atoms with Gasteiger partial charge in [-0.1, -0.05) is 12.6 Å². The zero-order chi connectivity index (χ0) is 34.5. The van der Waals surface area contributed by atoms with Crippen LogP contribution in [0.2, 0.25) is 0 Å². The van der Waals surface area contributed by atoms with Crippen LogP contribution in [0.1, 0.15) is 17.7 Å². The second-order valence-corrected chi connectivity index (χ2v) is 13.2. The molecule has 4 aliphatic heterocycles. The highest BCUT2D eigenvalue weighted by molar-refractivity contribution is 6.10. The number of piperazine rings is 1. The van der Waals surface area contributed by atoms with Gasteiger partial charge >= 0.3 is 6.18 Å². The molecular weight excluding hydrogens is 634 g/mol. The van der Waals surface area contributed by atoms with Crippen LogP contribution >= 0.6 is 0 Å². The van der Waals surface area contributed by atoms with Gasteiger partial charge in [-0.05, 0) is 37.3 Å². The summed E-state index contributed by atoms with van der Waals surface area (Å²) in [5.74, 6) is -2.64. The van der Waals surface area contributed by atoms with Crippen molar-refractivity contribution in [2.75, 3.05) is 81.3 Å². The fourth-order valence-corrected chi connectivity index (χ4v) is 7.68. The van der Waals surface area contributed by atoms with Gasteiger partial charge in [0.2, 0.25) is 17.7 Å². The van der Waals surface area contributed by atoms with E-state index in [4.69, 9.17) is 4.74 Å². The Morgan fingerprint density at radius 1 is 1.17 bits per heavy atom. The first-order chi connectivity index (χ1) is 22.7. The Hall–Kier alpha value is -4.08. The lowest BCUT2D eigenvalue weighted by atomic mass is 9.85. The fraction of sp³-hybridized carbons (Fsp3) is 0.515. The van der Waals surface area contributed by atoms with Crippen LogP contribution in [0.25, 0.3) is 0 Å². The third-order valence-corrected chi connectivity index (χ3v) is 9.67. The number of benzene rings is 1. The van der Waals surface area contributed by atoms with E-state index in [1.807, 2.05) is 4.90 Å². The summed E-state index contributed by atoms with van der Waals surface area (Å²) < 4.78 is 62.4. The van der Waals surface area contributed by atoms with Crippen molar-refractivity contribution < 1.29 is 36.7 Å². The molecule has 11 nitrogen and oxygen atoms in total. The summed E-state index contributed by atoms with van der Waals surface area (Å²) in [6.45, 7) is 8.65. The van der Waals surface area contributed by atoms with Gasteiger partial charge in [-0.25, -0.2) is 9.37 Å². The summed E-state index contributed by atoms with van der Waals surface area (Å²) in [7, 11) is 3.10. The van der Waals surface area contributed by atoms with Crippen molar-refractivity contribution in [2.45, 2.75) is 37.1 Å². The van der Waals surface area contributed by atoms with Gasteiger partial charge in [-0.15, -0.1) is 0 Å². The highest BCUT2D eigenvalue weighted by atomic mass is 19.4. The molecule has 48 heavy (non-hydrogen) atoms. The summed E-state index contributed by atoms with van der Waals surface area (Å²) in [5, 5.41) is 3.64. The molecule has 3 atom stereocenters. The maximum Gasteiger partial charge on any atom is 0.416 e. The minimum absolute atomic E-state index is 0.0151. The van der Waals surface area contributed by atoms with Crippen LogP contribution in [0.15, 0.2) is 43.0 Å². The van der Waals surface area contributed by atoms with Crippen molar-refractivity contribution in [3.63, 3.8) is 0 Å². The monoisotopic (exact) mass is 673 g/mol. The second-order valence-electron chi connectivity index (χ2n) is 13.2. The molecule has 15 heteroatoms. The van der Waals surface area contributed by atoms with E-state index < -0.39 is 41.3 Å². The highest BCUT2D eigenvalue weighted by Crippen LogP contribution is 2.41. The Bertz CT molecular complexity index is 1610. The predicted molar refractivity (Wildman–Crippen MR) is 170 cm³/mol. The first-order valence-corrected chi connectivity index (χ1v) is 15.8. The molecule has 3 fully saturated rings. The molecule has 0 bridgehead atoms. The Morgan fingerprint density at radius 3 is 2.60 bits per heavy atom. The first kappa shape index (κ1) is 33.8. The number of nitrogens with one attached hydrogen (secondary N) is 1. The molecule has 2 aromatic rings. The molecule has 258 valence electrons. The number of anilines is 3. The van der Waals surface area contributed by atoms with Gasteiger partial charge in [-0.3, -0.25) is 24.2 Å². The molecule has 5 heterocycles. The number of carbonyl (C=O) groups is 3. The van der Waals surface area contributed by atoms with Crippen LogP contribution < -0.4 is 20.0 Å². The number of rotatable bonds is 7. The molecule has 1 aromatic carbocycles. The zero-order valence-electron chi connectivity index (χ0n) is 27.1. The third kappa shape index (κ3) is 6.26. The lowest BCUT2D eigenvalue weighted by Gasteiger charge is -2.57. The van der Waals surface area contributed by atoms with Gasteiger partial charge in [-0.2, -0.15) is 13.2 Å². The standard InChI is InChI=1S/C33H39F4N7O4/c1-5-27(45)43-18-32(19-43)17-41(15-23(39-32)16-48-4)9-10-42-14-21-12-28(46)44(26-13-22(33(35,36)37)11-20(2)38-26)29(21)31(47)40(3)25-8-6-7-24(34)30(25)42/h5-8,11,13,21,23,29,39H,1,9-10,12,14-19H2,2-4H3/t21-,23+,29+/m1/s1. The van der Waals surface area contributed by atoms with Crippen molar-refractivity contribution in [3.05, 3.63) is 60.1 Å². The van der Waals surface area contributed by atoms with Crippen molar-refractivity contribution in [1.29, 1.82) is 0 Å². The lowest BCUT2D eigenvalue weighted by molar-refractivity contribution is -0.138. The van der Waals surface area contributed by atoms with Gasteiger partial charge in [0, 0.05) is 84.0 Å². The molecule has 6 rings (SSSR count). The molecule has 3 saturated heterocycles. The number of nitrogens with zero attached hydrogens (tertiary/aromatic N) is 6. The normalized spacial score (nSPS) is 24.3. The van der Waals surface area contributed by atoms with E-state index >= 15 is 4.39 Å². The third-order valence-electron chi connectivity index (χ3n) is 9.67. The van der Waals surface area contributed by atoms with Gasteiger partial charge in [0.1, 0.15) is 17.7 Å². The SMILES string of the molecule is C=CC(=O)N1CC2(CN(CCN3C[C@H]4CC(=O)N(c5cc(C(F)(F)F)cc(C)n5)[C@@H]4C(=O)N(C)c4cccc(F)c43)C[C@@H](COC)N2)C1. The minimum atomic E-state index is -4.68. The number of methoxy groups -OCH3 is 1. The number of likely N-dealkylation sites (N-methyl/N-ethyl adjacent to an activating group) is 1. The maximum absolute atomic E-state index is 15.7. The van der Waals surface area contributed by atoms with Gasteiger partial charge in [0.05, 0.1) is 29.1 Å². The number of aromatic nitrogens is 1. The van der Waals surface area contributed by atoms with Crippen molar-refractivity contribution in [2.24, 2.45) is 5.92 Å².